The number of hydrogen-bond acceptors (Lipinski definition) is 5. The van der Waals surface area contributed by atoms with E-state index in [2.05, 4.69) is 22.9 Å². The molecule has 0 aliphatic carbocycles. The Morgan fingerprint density at radius 3 is 2.56 bits per heavy atom. The maximum Gasteiger partial charge on any atom is 0.323 e. The highest BCUT2D eigenvalue weighted by Gasteiger charge is 2.25. The minimum atomic E-state index is -0.392. The molecule has 1 aliphatic rings. The molecule has 0 spiro atoms. The number of methoxy groups -OCH3 is 1. The van der Waals surface area contributed by atoms with Gasteiger partial charge in [0.05, 0.1) is 11.7 Å². The monoisotopic (exact) mass is 440 g/mol. The summed E-state index contributed by atoms with van der Waals surface area (Å²) in [6.45, 7) is 5.75. The van der Waals surface area contributed by atoms with Gasteiger partial charge in [0, 0.05) is 44.7 Å². The highest BCUT2D eigenvalue weighted by Crippen LogP contribution is 2.26. The van der Waals surface area contributed by atoms with Crippen LogP contribution in [0.4, 0.5) is 16.2 Å². The number of nitrogens with zero attached hydrogens (tertiary/aromatic N) is 1. The van der Waals surface area contributed by atoms with E-state index in [1.165, 1.54) is 0 Å². The summed E-state index contributed by atoms with van der Waals surface area (Å²) in [7, 11) is 3.41. The summed E-state index contributed by atoms with van der Waals surface area (Å²) in [5, 5.41) is 9.01. The van der Waals surface area contributed by atoms with Crippen LogP contribution in [-0.2, 0) is 4.74 Å². The number of hydrogen-bond donors (Lipinski definition) is 3. The molecule has 8 heteroatoms. The molecule has 3 atom stereocenters. The number of rotatable bonds is 3. The van der Waals surface area contributed by atoms with Crippen LogP contribution in [0.3, 0.4) is 0 Å². The van der Waals surface area contributed by atoms with Gasteiger partial charge >= 0.3 is 6.03 Å². The van der Waals surface area contributed by atoms with E-state index in [9.17, 15) is 9.59 Å². The zero-order valence-electron chi connectivity index (χ0n) is 19.1. The number of anilines is 2. The Balaban J connectivity index is 1.82. The van der Waals surface area contributed by atoms with E-state index in [-0.39, 0.29) is 24.0 Å². The van der Waals surface area contributed by atoms with Gasteiger partial charge in [0.1, 0.15) is 12.4 Å². The Morgan fingerprint density at radius 2 is 1.84 bits per heavy atom. The number of carbonyl (C=O) groups is 2. The van der Waals surface area contributed by atoms with Crippen LogP contribution in [0.1, 0.15) is 24.2 Å². The Bertz CT molecular complexity index is 921. The van der Waals surface area contributed by atoms with Gasteiger partial charge in [-0.05, 0) is 43.2 Å². The molecule has 0 radical (unpaired) electrons. The third-order valence-corrected chi connectivity index (χ3v) is 5.51. The molecule has 0 saturated carbocycles. The molecule has 3 rings (SSSR count). The van der Waals surface area contributed by atoms with E-state index in [0.717, 1.165) is 6.54 Å². The molecule has 1 aliphatic heterocycles. The van der Waals surface area contributed by atoms with E-state index in [0.29, 0.717) is 35.8 Å². The summed E-state index contributed by atoms with van der Waals surface area (Å²) in [6.07, 6.45) is -0.106. The third kappa shape index (κ3) is 6.21. The number of likely N-dealkylation sites (N-methyl/N-ethyl adjacent to an activating group) is 1. The Labute approximate surface area is 189 Å². The molecule has 0 fully saturated rings. The van der Waals surface area contributed by atoms with Crippen molar-refractivity contribution in [3.05, 3.63) is 54.1 Å². The van der Waals surface area contributed by atoms with E-state index in [1.807, 2.05) is 25.1 Å². The van der Waals surface area contributed by atoms with Gasteiger partial charge in [0.15, 0.2) is 0 Å². The number of fused-ring (bicyclic) bond motifs is 1. The summed E-state index contributed by atoms with van der Waals surface area (Å²) in [6, 6.07) is 13.9. The number of carbonyl (C=O) groups excluding carboxylic acids is 2. The lowest BCUT2D eigenvalue weighted by atomic mass is 10.0. The average Bonchev–Trinajstić information content (AvgIpc) is 2.79. The SMILES string of the molecule is CO[C@@H]1CN(C)C(=O)c2cc(NC(=O)Nc3ccccc3)ccc2OC[C@H](C)NC[C@H]1C. The first-order valence-corrected chi connectivity index (χ1v) is 10.8. The fourth-order valence-electron chi connectivity index (χ4n) is 3.55. The lowest BCUT2D eigenvalue weighted by Gasteiger charge is -2.30. The van der Waals surface area contributed by atoms with Gasteiger partial charge in [-0.1, -0.05) is 25.1 Å². The van der Waals surface area contributed by atoms with Crippen molar-refractivity contribution in [1.29, 1.82) is 0 Å². The number of benzene rings is 2. The second kappa shape index (κ2) is 11.0. The minimum Gasteiger partial charge on any atom is -0.491 e. The van der Waals surface area contributed by atoms with Gasteiger partial charge in [0.2, 0.25) is 0 Å². The number of amides is 3. The normalized spacial score (nSPS) is 22.1. The van der Waals surface area contributed by atoms with Crippen molar-refractivity contribution in [2.75, 3.05) is 44.5 Å². The van der Waals surface area contributed by atoms with E-state index >= 15 is 0 Å². The zero-order valence-corrected chi connectivity index (χ0v) is 19.1. The van der Waals surface area contributed by atoms with Crippen molar-refractivity contribution in [3.63, 3.8) is 0 Å². The first-order chi connectivity index (χ1) is 15.4. The van der Waals surface area contributed by atoms with Crippen LogP contribution in [0.5, 0.6) is 5.75 Å². The van der Waals surface area contributed by atoms with Crippen LogP contribution in [-0.4, -0.2) is 62.8 Å². The van der Waals surface area contributed by atoms with Crippen molar-refractivity contribution in [1.82, 2.24) is 10.2 Å². The molecule has 0 aromatic heterocycles. The molecule has 0 saturated heterocycles. The fourth-order valence-corrected chi connectivity index (χ4v) is 3.55. The molecule has 2 aromatic carbocycles. The number of urea groups is 1. The molecule has 0 unspecified atom stereocenters. The van der Waals surface area contributed by atoms with Gasteiger partial charge in [-0.25, -0.2) is 4.79 Å². The Kier molecular flexibility index (Phi) is 8.08. The molecule has 0 bridgehead atoms. The second-order valence-corrected chi connectivity index (χ2v) is 8.21. The molecule has 3 N–H and O–H groups in total. The summed E-state index contributed by atoms with van der Waals surface area (Å²) < 4.78 is 11.6. The van der Waals surface area contributed by atoms with Crippen molar-refractivity contribution < 1.29 is 19.1 Å². The Morgan fingerprint density at radius 1 is 1.12 bits per heavy atom. The molecule has 3 amide bonds. The molecule has 32 heavy (non-hydrogen) atoms. The van der Waals surface area contributed by atoms with Gasteiger partial charge in [-0.2, -0.15) is 0 Å². The smallest absolute Gasteiger partial charge is 0.323 e. The van der Waals surface area contributed by atoms with Gasteiger partial charge < -0.3 is 30.3 Å². The molecular formula is C24H32N4O4. The number of nitrogens with one attached hydrogen (secondary N) is 3. The zero-order chi connectivity index (χ0) is 23.1. The summed E-state index contributed by atoms with van der Waals surface area (Å²) >= 11 is 0. The predicted octanol–water partition coefficient (Wildman–Crippen LogP) is 3.42. The lowest BCUT2D eigenvalue weighted by molar-refractivity contribution is 0.0281. The number of ether oxygens (including phenoxy) is 2. The quantitative estimate of drug-likeness (QED) is 0.680. The van der Waals surface area contributed by atoms with Crippen LogP contribution in [0.2, 0.25) is 0 Å². The van der Waals surface area contributed by atoms with Crippen molar-refractivity contribution in [2.45, 2.75) is 26.0 Å². The maximum atomic E-state index is 13.3. The maximum absolute atomic E-state index is 13.3. The van der Waals surface area contributed by atoms with Crippen LogP contribution in [0.25, 0.3) is 0 Å². The van der Waals surface area contributed by atoms with Crippen molar-refractivity contribution in [3.8, 4) is 5.75 Å². The highest BCUT2D eigenvalue weighted by atomic mass is 16.5. The van der Waals surface area contributed by atoms with Crippen LogP contribution in [0.15, 0.2) is 48.5 Å². The van der Waals surface area contributed by atoms with Gasteiger partial charge in [-0.15, -0.1) is 0 Å². The molecule has 1 heterocycles. The first-order valence-electron chi connectivity index (χ1n) is 10.8. The van der Waals surface area contributed by atoms with E-state index in [4.69, 9.17) is 9.47 Å². The fraction of sp³-hybridized carbons (Fsp3) is 0.417. The number of para-hydroxylation sites is 1. The van der Waals surface area contributed by atoms with Gasteiger partial charge in [0.25, 0.3) is 5.91 Å². The van der Waals surface area contributed by atoms with Crippen molar-refractivity contribution in [2.24, 2.45) is 5.92 Å². The predicted molar refractivity (Wildman–Crippen MR) is 125 cm³/mol. The molecule has 2 aromatic rings. The third-order valence-electron chi connectivity index (χ3n) is 5.51. The summed E-state index contributed by atoms with van der Waals surface area (Å²) in [5.41, 5.74) is 1.56. The topological polar surface area (TPSA) is 91.9 Å². The minimum absolute atomic E-state index is 0.101. The van der Waals surface area contributed by atoms with Crippen molar-refractivity contribution >= 4 is 23.3 Å². The lowest BCUT2D eigenvalue weighted by Crippen LogP contribution is -2.44. The van der Waals surface area contributed by atoms with Gasteiger partial charge in [-0.3, -0.25) is 4.79 Å². The standard InChI is InChI=1S/C24H32N4O4/c1-16-13-25-17(2)15-32-21-11-10-19(27-24(30)26-18-8-6-5-7-9-18)12-20(21)23(29)28(3)14-22(16)31-4/h5-12,16-17,22,25H,13-15H2,1-4H3,(H2,26,27,30)/t16-,17+,22-/m1/s1. The molecule has 172 valence electrons. The molecular weight excluding hydrogens is 408 g/mol. The Hall–Kier alpha value is -3.10. The average molecular weight is 441 g/mol. The summed E-state index contributed by atoms with van der Waals surface area (Å²) in [4.78, 5) is 27.3. The first kappa shape index (κ1) is 23.6. The van der Waals surface area contributed by atoms with E-state index < -0.39 is 6.03 Å². The van der Waals surface area contributed by atoms with Crippen LogP contribution >= 0.6 is 0 Å². The van der Waals surface area contributed by atoms with Crippen LogP contribution in [0, 0.1) is 5.92 Å². The molecule has 8 nitrogen and oxygen atoms in total. The largest absolute Gasteiger partial charge is 0.491 e. The van der Waals surface area contributed by atoms with E-state index in [1.54, 1.807) is 49.4 Å². The second-order valence-electron chi connectivity index (χ2n) is 8.21. The van der Waals surface area contributed by atoms with Crippen LogP contribution < -0.4 is 20.7 Å². The highest BCUT2D eigenvalue weighted by molar-refractivity contribution is 6.02. The summed E-state index contributed by atoms with van der Waals surface area (Å²) in [5.74, 6) is 0.501.